The van der Waals surface area contributed by atoms with Crippen LogP contribution in [0.1, 0.15) is 18.1 Å². The van der Waals surface area contributed by atoms with Crippen molar-refractivity contribution in [3.8, 4) is 5.75 Å². The van der Waals surface area contributed by atoms with E-state index in [1.807, 2.05) is 31.2 Å². The van der Waals surface area contributed by atoms with Crippen LogP contribution in [-0.2, 0) is 22.4 Å². The van der Waals surface area contributed by atoms with Crippen molar-refractivity contribution in [2.45, 2.75) is 32.0 Å². The van der Waals surface area contributed by atoms with Crippen molar-refractivity contribution in [1.82, 2.24) is 4.90 Å². The topological polar surface area (TPSA) is 115 Å². The summed E-state index contributed by atoms with van der Waals surface area (Å²) in [5.41, 5.74) is 2.54. The minimum absolute atomic E-state index is 0.0101. The van der Waals surface area contributed by atoms with Gasteiger partial charge in [0.2, 0.25) is 0 Å². The predicted octanol–water partition coefficient (Wildman–Crippen LogP) is 3.01. The molecule has 31 heavy (non-hydrogen) atoms. The molecule has 2 aromatic rings. The zero-order valence-corrected chi connectivity index (χ0v) is 17.9. The van der Waals surface area contributed by atoms with Crippen molar-refractivity contribution in [2.24, 2.45) is 9.98 Å². The predicted molar refractivity (Wildman–Crippen MR) is 121 cm³/mol. The van der Waals surface area contributed by atoms with Gasteiger partial charge in [0.05, 0.1) is 17.4 Å². The van der Waals surface area contributed by atoms with E-state index in [0.29, 0.717) is 12.1 Å². The van der Waals surface area contributed by atoms with Gasteiger partial charge in [0.15, 0.2) is 12.6 Å². The van der Waals surface area contributed by atoms with Crippen molar-refractivity contribution in [2.75, 3.05) is 13.3 Å². The highest BCUT2D eigenvalue weighted by atomic mass is 32.1. The van der Waals surface area contributed by atoms with Gasteiger partial charge in [-0.2, -0.15) is 4.99 Å². The van der Waals surface area contributed by atoms with Crippen LogP contribution in [0.5, 0.6) is 5.75 Å². The first kappa shape index (κ1) is 24.2. The molecule has 8 nitrogen and oxygen atoms in total. The van der Waals surface area contributed by atoms with Gasteiger partial charge in [0.25, 0.3) is 0 Å². The summed E-state index contributed by atoms with van der Waals surface area (Å²) in [5.74, 6) is -0.817. The molecular weight excluding hydrogens is 418 g/mol. The standard InChI is InChI=1S/C22H25N3O5S/c1-16(10-17-2-6-19(7-3-17)24-14-31)25(12-22(28)29)15-30-13-23-21(27)11-18-4-8-20(26)9-5-18/h2-9,13,16,21,26-27H,10-12,15H2,1H3,(H,28,29)/b23-13+. The molecule has 0 fully saturated rings. The number of carboxylic acids is 1. The van der Waals surface area contributed by atoms with Gasteiger partial charge in [-0.15, -0.1) is 0 Å². The first-order valence-corrected chi connectivity index (χ1v) is 10.00. The summed E-state index contributed by atoms with van der Waals surface area (Å²) < 4.78 is 5.37. The van der Waals surface area contributed by atoms with Gasteiger partial charge < -0.3 is 20.1 Å². The third-order valence-corrected chi connectivity index (χ3v) is 4.60. The molecule has 164 valence electrons. The lowest BCUT2D eigenvalue weighted by Crippen LogP contribution is -2.40. The number of aromatic hydroxyl groups is 1. The Kier molecular flexibility index (Phi) is 9.80. The number of isothiocyanates is 1. The van der Waals surface area contributed by atoms with Crippen molar-refractivity contribution < 1.29 is 24.9 Å². The number of carboxylic acid groups (broad SMARTS) is 1. The van der Waals surface area contributed by atoms with E-state index < -0.39 is 12.2 Å². The van der Waals surface area contributed by atoms with Crippen molar-refractivity contribution in [3.05, 3.63) is 59.7 Å². The lowest BCUT2D eigenvalue weighted by Gasteiger charge is -2.26. The highest BCUT2D eigenvalue weighted by Gasteiger charge is 2.18. The molecule has 0 aliphatic rings. The maximum absolute atomic E-state index is 11.2. The average Bonchev–Trinajstić information content (AvgIpc) is 2.73. The summed E-state index contributed by atoms with van der Waals surface area (Å²) in [6.45, 7) is 1.72. The molecule has 2 aromatic carbocycles. The number of benzene rings is 2. The number of ether oxygens (including phenoxy) is 1. The number of hydrogen-bond donors (Lipinski definition) is 3. The molecule has 0 spiro atoms. The molecule has 0 aliphatic heterocycles. The van der Waals surface area contributed by atoms with Crippen LogP contribution >= 0.6 is 12.2 Å². The van der Waals surface area contributed by atoms with E-state index in [1.165, 1.54) is 12.1 Å². The number of aliphatic hydroxyl groups is 1. The minimum Gasteiger partial charge on any atom is -0.508 e. The summed E-state index contributed by atoms with van der Waals surface area (Å²) in [7, 11) is 0. The lowest BCUT2D eigenvalue weighted by molar-refractivity contribution is -0.139. The Balaban J connectivity index is 1.87. The maximum Gasteiger partial charge on any atom is 0.317 e. The Labute approximate surface area is 186 Å². The molecule has 0 saturated heterocycles. The van der Waals surface area contributed by atoms with Crippen molar-refractivity contribution in [3.63, 3.8) is 0 Å². The number of hydrogen-bond acceptors (Lipinski definition) is 8. The molecular formula is C22H25N3O5S. The number of aliphatic imine (C=N–C) groups is 2. The number of carbonyl (C=O) groups is 1. The second kappa shape index (κ2) is 12.6. The summed E-state index contributed by atoms with van der Waals surface area (Å²) in [5, 5.41) is 30.8. The van der Waals surface area contributed by atoms with E-state index in [2.05, 4.69) is 27.4 Å². The van der Waals surface area contributed by atoms with Crippen LogP contribution in [-0.4, -0.2) is 63.3 Å². The number of rotatable bonds is 12. The number of aliphatic hydroxyl groups excluding tert-OH is 1. The Bertz CT molecular complexity index is 912. The van der Waals surface area contributed by atoms with E-state index in [-0.39, 0.29) is 31.5 Å². The Hall–Kier alpha value is -3.10. The molecule has 0 saturated carbocycles. The van der Waals surface area contributed by atoms with Gasteiger partial charge in [0, 0.05) is 12.5 Å². The van der Waals surface area contributed by atoms with Crippen LogP contribution in [0.2, 0.25) is 0 Å². The van der Waals surface area contributed by atoms with Gasteiger partial charge >= 0.3 is 5.97 Å². The molecule has 0 heterocycles. The summed E-state index contributed by atoms with van der Waals surface area (Å²) in [6, 6.07) is 13.8. The largest absolute Gasteiger partial charge is 0.508 e. The fourth-order valence-corrected chi connectivity index (χ4v) is 2.98. The monoisotopic (exact) mass is 443 g/mol. The molecule has 2 unspecified atom stereocenters. The van der Waals surface area contributed by atoms with Crippen LogP contribution in [0.3, 0.4) is 0 Å². The first-order valence-electron chi connectivity index (χ1n) is 9.59. The molecule has 0 aromatic heterocycles. The highest BCUT2D eigenvalue weighted by Crippen LogP contribution is 2.15. The second-order valence-corrected chi connectivity index (χ2v) is 7.15. The third-order valence-electron chi connectivity index (χ3n) is 4.51. The Morgan fingerprint density at radius 1 is 1.16 bits per heavy atom. The molecule has 0 bridgehead atoms. The van der Waals surface area contributed by atoms with Crippen LogP contribution < -0.4 is 0 Å². The van der Waals surface area contributed by atoms with E-state index in [9.17, 15) is 20.1 Å². The third kappa shape index (κ3) is 9.06. The number of phenols is 1. The van der Waals surface area contributed by atoms with Crippen LogP contribution in [0.15, 0.2) is 58.5 Å². The molecule has 2 rings (SSSR count). The molecule has 0 amide bonds. The second-order valence-electron chi connectivity index (χ2n) is 6.96. The van der Waals surface area contributed by atoms with E-state index in [0.717, 1.165) is 17.5 Å². The number of thiocarbonyl (C=S) groups is 1. The number of phenolic OH excluding ortho intramolecular Hbond substituents is 1. The van der Waals surface area contributed by atoms with Gasteiger partial charge in [-0.05, 0) is 61.0 Å². The fourth-order valence-electron chi connectivity index (χ4n) is 2.87. The fraction of sp³-hybridized carbons (Fsp3) is 0.318. The normalized spacial score (nSPS) is 13.0. The molecule has 3 N–H and O–H groups in total. The van der Waals surface area contributed by atoms with Gasteiger partial charge in [-0.1, -0.05) is 24.3 Å². The van der Waals surface area contributed by atoms with E-state index >= 15 is 0 Å². The van der Waals surface area contributed by atoms with Gasteiger partial charge in [0.1, 0.15) is 12.5 Å². The van der Waals surface area contributed by atoms with E-state index in [1.54, 1.807) is 17.0 Å². The van der Waals surface area contributed by atoms with Crippen LogP contribution in [0.25, 0.3) is 0 Å². The van der Waals surface area contributed by atoms with E-state index in [4.69, 9.17) is 4.74 Å². The zero-order chi connectivity index (χ0) is 22.6. The molecule has 2 atom stereocenters. The Morgan fingerprint density at radius 3 is 2.39 bits per heavy atom. The van der Waals surface area contributed by atoms with Crippen LogP contribution in [0, 0.1) is 0 Å². The molecule has 0 aliphatic carbocycles. The highest BCUT2D eigenvalue weighted by molar-refractivity contribution is 7.78. The summed E-state index contributed by atoms with van der Waals surface area (Å²) in [4.78, 5) is 20.7. The lowest BCUT2D eigenvalue weighted by atomic mass is 10.1. The summed E-state index contributed by atoms with van der Waals surface area (Å²) in [6.07, 6.45) is 0.992. The minimum atomic E-state index is -1.01. The molecule has 9 heteroatoms. The van der Waals surface area contributed by atoms with Gasteiger partial charge in [-0.3, -0.25) is 9.69 Å². The van der Waals surface area contributed by atoms with Crippen molar-refractivity contribution >= 4 is 35.4 Å². The summed E-state index contributed by atoms with van der Waals surface area (Å²) >= 11 is 4.59. The number of nitrogens with zero attached hydrogens (tertiary/aromatic N) is 3. The maximum atomic E-state index is 11.2. The average molecular weight is 444 g/mol. The smallest absolute Gasteiger partial charge is 0.317 e. The number of aliphatic carboxylic acids is 1. The SMILES string of the molecule is CC(Cc1ccc(N=C=S)cc1)N(CO/C=N/C(O)Cc1ccc(O)cc1)CC(=O)O. The van der Waals surface area contributed by atoms with Crippen LogP contribution in [0.4, 0.5) is 5.69 Å². The van der Waals surface area contributed by atoms with Gasteiger partial charge in [-0.25, -0.2) is 4.99 Å². The Morgan fingerprint density at radius 2 is 1.77 bits per heavy atom. The first-order chi connectivity index (χ1) is 14.9. The molecule has 0 radical (unpaired) electrons. The zero-order valence-electron chi connectivity index (χ0n) is 17.1. The van der Waals surface area contributed by atoms with Crippen molar-refractivity contribution in [1.29, 1.82) is 0 Å². The quantitative estimate of drug-likeness (QED) is 0.200.